The summed E-state index contributed by atoms with van der Waals surface area (Å²) in [7, 11) is 1.60. The van der Waals surface area contributed by atoms with Crippen molar-refractivity contribution in [3.63, 3.8) is 0 Å². The maximum absolute atomic E-state index is 13.1. The second-order valence-electron chi connectivity index (χ2n) is 6.54. The SMILES string of the molecule is CN(CC1(O)CCCC1)C(=O)c1ccc(=O)n(-c2ccc(F)cc2)n1. The Morgan fingerprint density at radius 2 is 1.88 bits per heavy atom. The minimum atomic E-state index is -0.851. The number of carbonyl (C=O) groups is 1. The van der Waals surface area contributed by atoms with Crippen LogP contribution in [0.15, 0.2) is 41.2 Å². The van der Waals surface area contributed by atoms with Gasteiger partial charge in [-0.2, -0.15) is 9.78 Å². The number of rotatable bonds is 4. The lowest BCUT2D eigenvalue weighted by molar-refractivity contribution is 0.0154. The third-order valence-corrected chi connectivity index (χ3v) is 4.50. The van der Waals surface area contributed by atoms with Crippen molar-refractivity contribution in [3.05, 3.63) is 58.3 Å². The molecule has 0 spiro atoms. The molecule has 1 N–H and O–H groups in total. The first kappa shape index (κ1) is 17.3. The van der Waals surface area contributed by atoms with Gasteiger partial charge in [-0.3, -0.25) is 9.59 Å². The molecule has 1 amide bonds. The Hall–Kier alpha value is -2.54. The lowest BCUT2D eigenvalue weighted by Crippen LogP contribution is -2.42. The first-order valence-corrected chi connectivity index (χ1v) is 8.22. The standard InChI is InChI=1S/C18H20FN3O3/c1-21(12-18(25)10-2-3-11-18)17(24)15-8-9-16(23)22(20-15)14-6-4-13(19)5-7-14/h4-9,25H,2-3,10-12H2,1H3. The molecule has 2 aromatic rings. The molecule has 132 valence electrons. The summed E-state index contributed by atoms with van der Waals surface area (Å²) in [5.74, 6) is -0.801. The quantitative estimate of drug-likeness (QED) is 0.916. The fraction of sp³-hybridized carbons (Fsp3) is 0.389. The monoisotopic (exact) mass is 345 g/mol. The van der Waals surface area contributed by atoms with E-state index in [1.807, 2.05) is 0 Å². The molecule has 0 saturated heterocycles. The van der Waals surface area contributed by atoms with Crippen LogP contribution in [0.4, 0.5) is 4.39 Å². The number of hydrogen-bond acceptors (Lipinski definition) is 4. The molecule has 6 nitrogen and oxygen atoms in total. The van der Waals surface area contributed by atoms with Gasteiger partial charge in [-0.15, -0.1) is 0 Å². The average molecular weight is 345 g/mol. The first-order valence-electron chi connectivity index (χ1n) is 8.22. The molecule has 0 aliphatic heterocycles. The predicted octanol–water partition coefficient (Wildman–Crippen LogP) is 1.75. The van der Waals surface area contributed by atoms with E-state index in [1.54, 1.807) is 7.05 Å². The summed E-state index contributed by atoms with van der Waals surface area (Å²) in [6.45, 7) is 0.225. The van der Waals surface area contributed by atoms with E-state index >= 15 is 0 Å². The van der Waals surface area contributed by atoms with Crippen molar-refractivity contribution >= 4 is 5.91 Å². The number of likely N-dealkylation sites (N-methyl/N-ethyl adjacent to an activating group) is 1. The third-order valence-electron chi connectivity index (χ3n) is 4.50. The number of nitrogens with zero attached hydrogens (tertiary/aromatic N) is 3. The van der Waals surface area contributed by atoms with Crippen LogP contribution in [-0.4, -0.2) is 44.9 Å². The summed E-state index contributed by atoms with van der Waals surface area (Å²) in [5, 5.41) is 14.6. The van der Waals surface area contributed by atoms with Crippen LogP contribution in [0.5, 0.6) is 0 Å². The molecule has 1 aliphatic carbocycles. The lowest BCUT2D eigenvalue weighted by atomic mass is 10.0. The fourth-order valence-electron chi connectivity index (χ4n) is 3.19. The number of hydrogen-bond donors (Lipinski definition) is 1. The first-order chi connectivity index (χ1) is 11.9. The number of benzene rings is 1. The van der Waals surface area contributed by atoms with Crippen LogP contribution in [0.2, 0.25) is 0 Å². The van der Waals surface area contributed by atoms with Crippen LogP contribution >= 0.6 is 0 Å². The van der Waals surface area contributed by atoms with Crippen LogP contribution in [0.25, 0.3) is 5.69 Å². The smallest absolute Gasteiger partial charge is 0.274 e. The molecule has 0 bridgehead atoms. The van der Waals surface area contributed by atoms with E-state index in [4.69, 9.17) is 0 Å². The topological polar surface area (TPSA) is 75.4 Å². The largest absolute Gasteiger partial charge is 0.388 e. The fourth-order valence-corrected chi connectivity index (χ4v) is 3.19. The van der Waals surface area contributed by atoms with Gasteiger partial charge >= 0.3 is 0 Å². The summed E-state index contributed by atoms with van der Waals surface area (Å²) in [6, 6.07) is 7.90. The second kappa shape index (κ2) is 6.76. The summed E-state index contributed by atoms with van der Waals surface area (Å²) in [6.07, 6.45) is 3.25. The highest BCUT2D eigenvalue weighted by molar-refractivity contribution is 5.92. The van der Waals surface area contributed by atoms with E-state index in [9.17, 15) is 19.1 Å². The Morgan fingerprint density at radius 1 is 1.24 bits per heavy atom. The number of carbonyl (C=O) groups excluding carboxylic acids is 1. The number of aliphatic hydroxyl groups is 1. The van der Waals surface area contributed by atoms with Crippen molar-refractivity contribution in [1.82, 2.24) is 14.7 Å². The molecule has 1 aliphatic rings. The molecule has 1 aromatic carbocycles. The molecule has 7 heteroatoms. The van der Waals surface area contributed by atoms with E-state index in [0.29, 0.717) is 18.5 Å². The minimum absolute atomic E-state index is 0.0908. The number of halogens is 1. The highest BCUT2D eigenvalue weighted by atomic mass is 19.1. The van der Waals surface area contributed by atoms with Gasteiger partial charge in [-0.1, -0.05) is 12.8 Å². The maximum Gasteiger partial charge on any atom is 0.274 e. The zero-order chi connectivity index (χ0) is 18.0. The maximum atomic E-state index is 13.1. The van der Waals surface area contributed by atoms with Gasteiger partial charge in [0.05, 0.1) is 11.3 Å². The van der Waals surface area contributed by atoms with Crippen molar-refractivity contribution in [1.29, 1.82) is 0 Å². The molecule has 0 radical (unpaired) electrons. The van der Waals surface area contributed by atoms with E-state index in [-0.39, 0.29) is 18.1 Å². The van der Waals surface area contributed by atoms with Gasteiger partial charge in [0.1, 0.15) is 11.5 Å². The van der Waals surface area contributed by atoms with E-state index in [2.05, 4.69) is 5.10 Å². The van der Waals surface area contributed by atoms with Gasteiger partial charge in [-0.05, 0) is 43.2 Å². The minimum Gasteiger partial charge on any atom is -0.388 e. The highest BCUT2D eigenvalue weighted by Crippen LogP contribution is 2.30. The van der Waals surface area contributed by atoms with Crippen molar-refractivity contribution < 1.29 is 14.3 Å². The van der Waals surface area contributed by atoms with Gasteiger partial charge in [-0.25, -0.2) is 4.39 Å². The molecule has 1 heterocycles. The van der Waals surface area contributed by atoms with Crippen molar-refractivity contribution in [2.24, 2.45) is 0 Å². The lowest BCUT2D eigenvalue weighted by Gasteiger charge is -2.28. The average Bonchev–Trinajstić information content (AvgIpc) is 3.01. The van der Waals surface area contributed by atoms with Crippen molar-refractivity contribution in [2.45, 2.75) is 31.3 Å². The van der Waals surface area contributed by atoms with Crippen LogP contribution in [0.3, 0.4) is 0 Å². The molecule has 0 atom stereocenters. The summed E-state index contributed by atoms with van der Waals surface area (Å²) < 4.78 is 14.1. The summed E-state index contributed by atoms with van der Waals surface area (Å²) >= 11 is 0. The molecular formula is C18H20FN3O3. The van der Waals surface area contributed by atoms with Crippen LogP contribution in [0, 0.1) is 5.82 Å². The highest BCUT2D eigenvalue weighted by Gasteiger charge is 2.33. The third kappa shape index (κ3) is 3.76. The molecular weight excluding hydrogens is 325 g/mol. The molecule has 1 saturated carbocycles. The normalized spacial score (nSPS) is 16.0. The van der Waals surface area contributed by atoms with E-state index in [0.717, 1.165) is 17.5 Å². The van der Waals surface area contributed by atoms with Crippen LogP contribution in [0.1, 0.15) is 36.2 Å². The Bertz CT molecular complexity index is 826. The Labute approximate surface area is 144 Å². The second-order valence-corrected chi connectivity index (χ2v) is 6.54. The van der Waals surface area contributed by atoms with Crippen molar-refractivity contribution in [2.75, 3.05) is 13.6 Å². The van der Waals surface area contributed by atoms with E-state index < -0.39 is 17.0 Å². The van der Waals surface area contributed by atoms with Gasteiger partial charge in [0.15, 0.2) is 0 Å². The zero-order valence-electron chi connectivity index (χ0n) is 14.0. The molecule has 0 unspecified atom stereocenters. The van der Waals surface area contributed by atoms with Crippen molar-refractivity contribution in [3.8, 4) is 5.69 Å². The molecule has 1 fully saturated rings. The zero-order valence-corrected chi connectivity index (χ0v) is 14.0. The van der Waals surface area contributed by atoms with E-state index in [1.165, 1.54) is 41.3 Å². The Balaban J connectivity index is 1.84. The van der Waals surface area contributed by atoms with Gasteiger partial charge < -0.3 is 10.0 Å². The molecule has 25 heavy (non-hydrogen) atoms. The summed E-state index contributed by atoms with van der Waals surface area (Å²) in [4.78, 5) is 26.0. The van der Waals surface area contributed by atoms with Gasteiger partial charge in [0.25, 0.3) is 11.5 Å². The number of amides is 1. The predicted molar refractivity (Wildman–Crippen MR) is 90.2 cm³/mol. The molecule has 1 aromatic heterocycles. The van der Waals surface area contributed by atoms with Crippen LogP contribution < -0.4 is 5.56 Å². The Morgan fingerprint density at radius 3 is 2.52 bits per heavy atom. The van der Waals surface area contributed by atoms with Crippen LogP contribution in [-0.2, 0) is 0 Å². The Kier molecular flexibility index (Phi) is 4.67. The summed E-state index contributed by atoms with van der Waals surface area (Å²) in [5.41, 5.74) is -0.804. The number of aromatic nitrogens is 2. The van der Waals surface area contributed by atoms with Gasteiger partial charge in [0, 0.05) is 19.7 Å². The van der Waals surface area contributed by atoms with Gasteiger partial charge in [0.2, 0.25) is 0 Å². The molecule has 3 rings (SSSR count).